The van der Waals surface area contributed by atoms with Gasteiger partial charge in [-0.25, -0.2) is 0 Å². The van der Waals surface area contributed by atoms with Gasteiger partial charge in [0.25, 0.3) is 5.91 Å². The number of rotatable bonds is 4. The number of hydrogen-bond donors (Lipinski definition) is 2. The molecule has 0 atom stereocenters. The van der Waals surface area contributed by atoms with Gasteiger partial charge >= 0.3 is 0 Å². The van der Waals surface area contributed by atoms with Gasteiger partial charge in [-0.15, -0.1) is 11.8 Å². The molecule has 0 saturated carbocycles. The second kappa shape index (κ2) is 6.95. The fourth-order valence-electron chi connectivity index (χ4n) is 1.83. The molecule has 108 valence electrons. The predicted molar refractivity (Wildman–Crippen MR) is 86.6 cm³/mol. The summed E-state index contributed by atoms with van der Waals surface area (Å²) in [6.07, 6.45) is 1.99. The van der Waals surface area contributed by atoms with Crippen molar-refractivity contribution >= 4 is 29.1 Å². The standard InChI is InChI=1S/C16H16N2O2S/c1-11(18-20)13-4-3-5-14(10-13)17-16(19)12-6-8-15(21-2)9-7-12/h3-10,20H,1-2H3,(H,17,19). The van der Waals surface area contributed by atoms with Gasteiger partial charge in [0, 0.05) is 21.7 Å². The highest BCUT2D eigenvalue weighted by atomic mass is 32.2. The normalized spacial score (nSPS) is 11.2. The molecular weight excluding hydrogens is 284 g/mol. The zero-order valence-corrected chi connectivity index (χ0v) is 12.6. The van der Waals surface area contributed by atoms with Crippen molar-refractivity contribution in [3.63, 3.8) is 0 Å². The van der Waals surface area contributed by atoms with Gasteiger partial charge in [-0.05, 0) is 49.6 Å². The van der Waals surface area contributed by atoms with Crippen molar-refractivity contribution in [2.45, 2.75) is 11.8 Å². The molecule has 0 aliphatic carbocycles. The van der Waals surface area contributed by atoms with E-state index in [2.05, 4.69) is 10.5 Å². The third kappa shape index (κ3) is 3.86. The predicted octanol–water partition coefficient (Wildman–Crippen LogP) is 3.86. The van der Waals surface area contributed by atoms with Crippen LogP contribution in [0.15, 0.2) is 58.6 Å². The van der Waals surface area contributed by atoms with E-state index in [9.17, 15) is 4.79 Å². The Morgan fingerprint density at radius 3 is 2.48 bits per heavy atom. The molecule has 0 bridgehead atoms. The zero-order valence-electron chi connectivity index (χ0n) is 11.8. The van der Waals surface area contributed by atoms with Crippen molar-refractivity contribution in [3.05, 3.63) is 59.7 Å². The Balaban J connectivity index is 2.15. The molecular formula is C16H16N2O2S. The summed E-state index contributed by atoms with van der Waals surface area (Å²) >= 11 is 1.63. The van der Waals surface area contributed by atoms with E-state index in [1.54, 1.807) is 49.0 Å². The van der Waals surface area contributed by atoms with Crippen molar-refractivity contribution in [2.75, 3.05) is 11.6 Å². The fraction of sp³-hybridized carbons (Fsp3) is 0.125. The van der Waals surface area contributed by atoms with E-state index in [0.29, 0.717) is 17.0 Å². The molecule has 2 rings (SSSR count). The lowest BCUT2D eigenvalue weighted by atomic mass is 10.1. The maximum absolute atomic E-state index is 12.2. The molecule has 2 aromatic rings. The zero-order chi connectivity index (χ0) is 15.2. The molecule has 0 aromatic heterocycles. The summed E-state index contributed by atoms with van der Waals surface area (Å²) < 4.78 is 0. The monoisotopic (exact) mass is 300 g/mol. The Bertz CT molecular complexity index is 666. The molecule has 5 heteroatoms. The average molecular weight is 300 g/mol. The maximum atomic E-state index is 12.2. The number of carbonyl (C=O) groups excluding carboxylic acids is 1. The van der Waals surface area contributed by atoms with Crippen LogP contribution in [0.25, 0.3) is 0 Å². The number of carbonyl (C=O) groups is 1. The topological polar surface area (TPSA) is 61.7 Å². The number of oxime groups is 1. The van der Waals surface area contributed by atoms with Crippen LogP contribution in [0, 0.1) is 0 Å². The van der Waals surface area contributed by atoms with E-state index >= 15 is 0 Å². The third-order valence-corrected chi connectivity index (χ3v) is 3.78. The fourth-order valence-corrected chi connectivity index (χ4v) is 2.23. The van der Waals surface area contributed by atoms with E-state index < -0.39 is 0 Å². The summed E-state index contributed by atoms with van der Waals surface area (Å²) in [5.41, 5.74) is 2.52. The van der Waals surface area contributed by atoms with E-state index in [4.69, 9.17) is 5.21 Å². The van der Waals surface area contributed by atoms with Crippen molar-refractivity contribution in [3.8, 4) is 0 Å². The van der Waals surface area contributed by atoms with E-state index in [1.165, 1.54) is 0 Å². The van der Waals surface area contributed by atoms with Gasteiger partial charge in [0.05, 0.1) is 5.71 Å². The van der Waals surface area contributed by atoms with Crippen LogP contribution in [0.3, 0.4) is 0 Å². The van der Waals surface area contributed by atoms with Gasteiger partial charge in [-0.3, -0.25) is 4.79 Å². The van der Waals surface area contributed by atoms with Gasteiger partial charge in [0.2, 0.25) is 0 Å². The molecule has 0 spiro atoms. The highest BCUT2D eigenvalue weighted by Gasteiger charge is 2.07. The summed E-state index contributed by atoms with van der Waals surface area (Å²) in [5, 5.41) is 14.8. The minimum atomic E-state index is -0.168. The van der Waals surface area contributed by atoms with Crippen LogP contribution in [0.2, 0.25) is 0 Å². The Labute approximate surface area is 127 Å². The quantitative estimate of drug-likeness (QED) is 0.390. The molecule has 0 aliphatic rings. The lowest BCUT2D eigenvalue weighted by Crippen LogP contribution is -2.12. The van der Waals surface area contributed by atoms with E-state index in [1.807, 2.05) is 24.5 Å². The molecule has 1 amide bonds. The minimum absolute atomic E-state index is 0.168. The van der Waals surface area contributed by atoms with Gasteiger partial charge < -0.3 is 10.5 Å². The highest BCUT2D eigenvalue weighted by Crippen LogP contribution is 2.17. The molecule has 2 aromatic carbocycles. The Morgan fingerprint density at radius 1 is 1.14 bits per heavy atom. The smallest absolute Gasteiger partial charge is 0.255 e. The number of thioether (sulfide) groups is 1. The van der Waals surface area contributed by atoms with Crippen molar-refractivity contribution in [1.29, 1.82) is 0 Å². The van der Waals surface area contributed by atoms with Crippen molar-refractivity contribution < 1.29 is 10.0 Å². The summed E-state index contributed by atoms with van der Waals surface area (Å²) in [6, 6.07) is 14.6. The van der Waals surface area contributed by atoms with Crippen LogP contribution in [0.4, 0.5) is 5.69 Å². The average Bonchev–Trinajstić information content (AvgIpc) is 2.54. The molecule has 0 saturated heterocycles. The largest absolute Gasteiger partial charge is 0.411 e. The second-order valence-electron chi connectivity index (χ2n) is 4.45. The molecule has 0 aliphatic heterocycles. The van der Waals surface area contributed by atoms with Gasteiger partial charge in [-0.2, -0.15) is 0 Å². The number of benzene rings is 2. The van der Waals surface area contributed by atoms with Gasteiger partial charge in [0.1, 0.15) is 0 Å². The molecule has 0 heterocycles. The Morgan fingerprint density at radius 2 is 1.86 bits per heavy atom. The lowest BCUT2D eigenvalue weighted by Gasteiger charge is -2.07. The molecule has 0 unspecified atom stereocenters. The maximum Gasteiger partial charge on any atom is 0.255 e. The van der Waals surface area contributed by atoms with Crippen molar-refractivity contribution in [1.82, 2.24) is 0 Å². The molecule has 2 N–H and O–H groups in total. The molecule has 4 nitrogen and oxygen atoms in total. The van der Waals surface area contributed by atoms with Gasteiger partial charge in [-0.1, -0.05) is 17.3 Å². The summed E-state index contributed by atoms with van der Waals surface area (Å²) in [4.78, 5) is 13.3. The lowest BCUT2D eigenvalue weighted by molar-refractivity contribution is 0.102. The first-order chi connectivity index (χ1) is 10.1. The van der Waals surface area contributed by atoms with E-state index in [0.717, 1.165) is 10.5 Å². The first-order valence-electron chi connectivity index (χ1n) is 6.38. The number of amides is 1. The summed E-state index contributed by atoms with van der Waals surface area (Å²) in [6.45, 7) is 1.70. The Kier molecular flexibility index (Phi) is 5.00. The van der Waals surface area contributed by atoms with E-state index in [-0.39, 0.29) is 5.91 Å². The van der Waals surface area contributed by atoms with Gasteiger partial charge in [0.15, 0.2) is 0 Å². The molecule has 0 fully saturated rings. The number of hydrogen-bond acceptors (Lipinski definition) is 4. The van der Waals surface area contributed by atoms with Crippen molar-refractivity contribution in [2.24, 2.45) is 5.16 Å². The molecule has 21 heavy (non-hydrogen) atoms. The van der Waals surface area contributed by atoms with Crippen LogP contribution in [0.5, 0.6) is 0 Å². The molecule has 0 radical (unpaired) electrons. The Hall–Kier alpha value is -2.27. The first-order valence-corrected chi connectivity index (χ1v) is 7.61. The number of nitrogens with zero attached hydrogens (tertiary/aromatic N) is 1. The van der Waals surface area contributed by atoms with Crippen LogP contribution >= 0.6 is 11.8 Å². The highest BCUT2D eigenvalue weighted by molar-refractivity contribution is 7.98. The van der Waals surface area contributed by atoms with Crippen LogP contribution < -0.4 is 5.32 Å². The number of nitrogens with one attached hydrogen (secondary N) is 1. The van der Waals surface area contributed by atoms with Crippen LogP contribution in [-0.2, 0) is 0 Å². The van der Waals surface area contributed by atoms with Crippen LogP contribution in [0.1, 0.15) is 22.8 Å². The number of anilines is 1. The summed E-state index contributed by atoms with van der Waals surface area (Å²) in [5.74, 6) is -0.168. The second-order valence-corrected chi connectivity index (χ2v) is 5.33. The SMILES string of the molecule is CSc1ccc(C(=O)Nc2cccc(C(C)=NO)c2)cc1. The van der Waals surface area contributed by atoms with Crippen LogP contribution in [-0.4, -0.2) is 23.1 Å². The minimum Gasteiger partial charge on any atom is -0.411 e. The third-order valence-electron chi connectivity index (χ3n) is 3.04. The first kappa shape index (κ1) is 15.1. The summed E-state index contributed by atoms with van der Waals surface area (Å²) in [7, 11) is 0.